The van der Waals surface area contributed by atoms with Crippen LogP contribution >= 0.6 is 0 Å². The summed E-state index contributed by atoms with van der Waals surface area (Å²) in [4.78, 5) is 36.6. The van der Waals surface area contributed by atoms with Crippen molar-refractivity contribution >= 4 is 17.8 Å². The molecule has 1 N–H and O–H groups in total. The number of imide groups is 1. The molecule has 0 radical (unpaired) electrons. The quantitative estimate of drug-likeness (QED) is 0.612. The zero-order chi connectivity index (χ0) is 14.0. The number of aliphatic carboxylic acids is 1. The molecule has 5 nitrogen and oxygen atoms in total. The number of carbonyl (C=O) groups excluding carboxylic acids is 2. The third-order valence-corrected chi connectivity index (χ3v) is 4.15. The van der Waals surface area contributed by atoms with Gasteiger partial charge < -0.3 is 5.11 Å². The molecule has 1 heterocycles. The second-order valence-corrected chi connectivity index (χ2v) is 5.35. The molecule has 1 aliphatic heterocycles. The normalized spacial score (nSPS) is 23.4. The minimum Gasteiger partial charge on any atom is -0.480 e. The molecule has 102 valence electrons. The molecular formula is C14H17NO4. The van der Waals surface area contributed by atoms with Gasteiger partial charge in [0.15, 0.2) is 0 Å². The topological polar surface area (TPSA) is 74.7 Å². The predicted molar refractivity (Wildman–Crippen MR) is 66.9 cm³/mol. The summed E-state index contributed by atoms with van der Waals surface area (Å²) in [6, 6.07) is -1.22. The number of hydrogen-bond donors (Lipinski definition) is 1. The summed E-state index contributed by atoms with van der Waals surface area (Å²) in [5.74, 6) is 0.289. The number of likely N-dealkylation sites (tertiary alicyclic amines) is 1. The van der Waals surface area contributed by atoms with Crippen LogP contribution in [0.3, 0.4) is 0 Å². The fourth-order valence-corrected chi connectivity index (χ4v) is 3.15. The first kappa shape index (κ1) is 13.6. The van der Waals surface area contributed by atoms with Crippen LogP contribution < -0.4 is 0 Å². The van der Waals surface area contributed by atoms with Crippen molar-refractivity contribution in [1.29, 1.82) is 0 Å². The van der Waals surface area contributed by atoms with Gasteiger partial charge in [-0.3, -0.25) is 14.5 Å². The second kappa shape index (κ2) is 5.04. The predicted octanol–water partition coefficient (Wildman–Crippen LogP) is 1.17. The van der Waals surface area contributed by atoms with Crippen LogP contribution in [0, 0.1) is 17.8 Å². The Morgan fingerprint density at radius 3 is 2.53 bits per heavy atom. The van der Waals surface area contributed by atoms with Gasteiger partial charge in [-0.15, -0.1) is 12.3 Å². The molecule has 2 amide bonds. The van der Waals surface area contributed by atoms with E-state index in [0.29, 0.717) is 12.8 Å². The number of carboxylic acid groups (broad SMARTS) is 1. The molecule has 2 rings (SSSR count). The van der Waals surface area contributed by atoms with Crippen LogP contribution in [-0.2, 0) is 14.4 Å². The molecule has 1 aliphatic carbocycles. The van der Waals surface area contributed by atoms with Crippen molar-refractivity contribution in [3.8, 4) is 12.3 Å². The van der Waals surface area contributed by atoms with Gasteiger partial charge in [0.1, 0.15) is 6.04 Å². The lowest BCUT2D eigenvalue weighted by molar-refractivity contribution is -0.155. The van der Waals surface area contributed by atoms with Gasteiger partial charge in [-0.25, -0.2) is 4.79 Å². The highest BCUT2D eigenvalue weighted by molar-refractivity contribution is 6.08. The van der Waals surface area contributed by atoms with Crippen LogP contribution in [-0.4, -0.2) is 33.8 Å². The lowest BCUT2D eigenvalue weighted by atomic mass is 9.73. The van der Waals surface area contributed by atoms with Gasteiger partial charge in [0.25, 0.3) is 0 Å². The van der Waals surface area contributed by atoms with E-state index in [4.69, 9.17) is 11.5 Å². The van der Waals surface area contributed by atoms with Gasteiger partial charge in [0, 0.05) is 12.8 Å². The molecule has 2 aliphatic rings. The summed E-state index contributed by atoms with van der Waals surface area (Å²) in [6.07, 6.45) is 9.39. The summed E-state index contributed by atoms with van der Waals surface area (Å²) in [6.45, 7) is 0. The van der Waals surface area contributed by atoms with Crippen molar-refractivity contribution in [2.75, 3.05) is 0 Å². The van der Waals surface area contributed by atoms with E-state index < -0.39 is 23.3 Å². The molecule has 0 aromatic carbocycles. The molecule has 1 atom stereocenters. The largest absolute Gasteiger partial charge is 0.480 e. The molecular weight excluding hydrogens is 246 g/mol. The van der Waals surface area contributed by atoms with Crippen molar-refractivity contribution in [2.45, 2.75) is 51.0 Å². The summed E-state index contributed by atoms with van der Waals surface area (Å²) in [5.41, 5.74) is -0.655. The van der Waals surface area contributed by atoms with Crippen LogP contribution in [0.5, 0.6) is 0 Å². The molecule has 1 spiro atoms. The second-order valence-electron chi connectivity index (χ2n) is 5.35. The first-order valence-corrected chi connectivity index (χ1v) is 6.54. The highest BCUT2D eigenvalue weighted by Crippen LogP contribution is 2.46. The Labute approximate surface area is 112 Å². The first-order chi connectivity index (χ1) is 9.02. The van der Waals surface area contributed by atoms with Gasteiger partial charge in [-0.1, -0.05) is 19.3 Å². The third-order valence-electron chi connectivity index (χ3n) is 4.15. The molecule has 0 bridgehead atoms. The highest BCUT2D eigenvalue weighted by atomic mass is 16.4. The van der Waals surface area contributed by atoms with E-state index in [1.807, 2.05) is 0 Å². The third kappa shape index (κ3) is 2.23. The maximum absolute atomic E-state index is 12.5. The molecule has 5 heteroatoms. The molecule has 1 unspecified atom stereocenters. The average molecular weight is 263 g/mol. The smallest absolute Gasteiger partial charge is 0.327 e. The van der Waals surface area contributed by atoms with E-state index in [0.717, 1.165) is 24.2 Å². The lowest BCUT2D eigenvalue weighted by Gasteiger charge is -2.31. The van der Waals surface area contributed by atoms with E-state index in [-0.39, 0.29) is 18.7 Å². The number of terminal acetylenes is 1. The summed E-state index contributed by atoms with van der Waals surface area (Å²) < 4.78 is 0. The molecule has 19 heavy (non-hydrogen) atoms. The Morgan fingerprint density at radius 2 is 2.00 bits per heavy atom. The molecule has 1 saturated carbocycles. The van der Waals surface area contributed by atoms with Gasteiger partial charge in [-0.05, 0) is 12.8 Å². The number of carboxylic acids is 1. The number of carbonyl (C=O) groups is 3. The van der Waals surface area contributed by atoms with E-state index >= 15 is 0 Å². The maximum atomic E-state index is 12.5. The Morgan fingerprint density at radius 1 is 1.37 bits per heavy atom. The number of hydrogen-bond acceptors (Lipinski definition) is 3. The van der Waals surface area contributed by atoms with E-state index in [9.17, 15) is 14.4 Å². The number of rotatable bonds is 3. The zero-order valence-electron chi connectivity index (χ0n) is 10.7. The summed E-state index contributed by atoms with van der Waals surface area (Å²) >= 11 is 0. The molecule has 2 fully saturated rings. The average Bonchev–Trinajstić information content (AvgIpc) is 2.60. The van der Waals surface area contributed by atoms with Crippen molar-refractivity contribution in [3.63, 3.8) is 0 Å². The fraction of sp³-hybridized carbons (Fsp3) is 0.643. The number of amides is 2. The number of nitrogens with zero attached hydrogens (tertiary/aromatic N) is 1. The van der Waals surface area contributed by atoms with Gasteiger partial charge in [-0.2, -0.15) is 0 Å². The zero-order valence-corrected chi connectivity index (χ0v) is 10.7. The van der Waals surface area contributed by atoms with Crippen LogP contribution in [0.25, 0.3) is 0 Å². The van der Waals surface area contributed by atoms with Gasteiger partial charge >= 0.3 is 5.97 Å². The van der Waals surface area contributed by atoms with E-state index in [1.165, 1.54) is 0 Å². The monoisotopic (exact) mass is 263 g/mol. The van der Waals surface area contributed by atoms with Crippen LogP contribution in [0.2, 0.25) is 0 Å². The maximum Gasteiger partial charge on any atom is 0.327 e. The fourth-order valence-electron chi connectivity index (χ4n) is 3.15. The molecule has 0 aromatic rings. The van der Waals surface area contributed by atoms with Gasteiger partial charge in [0.2, 0.25) is 11.8 Å². The Hall–Kier alpha value is -1.83. The van der Waals surface area contributed by atoms with Crippen LogP contribution in [0.4, 0.5) is 0 Å². The van der Waals surface area contributed by atoms with E-state index in [1.54, 1.807) is 0 Å². The van der Waals surface area contributed by atoms with Crippen molar-refractivity contribution < 1.29 is 19.5 Å². The highest BCUT2D eigenvalue weighted by Gasteiger charge is 2.54. The minimum atomic E-state index is -1.22. The Kier molecular flexibility index (Phi) is 3.61. The standard InChI is InChI=1S/C14H17NO4/c1-2-6-10(12(17)18)15-11(16)9-14(13(15)19)7-4-3-5-8-14/h1,10H,3-9H2,(H,17,18). The van der Waals surface area contributed by atoms with E-state index in [2.05, 4.69) is 5.92 Å². The van der Waals surface area contributed by atoms with Crippen molar-refractivity contribution in [2.24, 2.45) is 5.41 Å². The SMILES string of the molecule is C#CCC(C(=O)O)N1C(=O)CC2(CCCCC2)C1=O. The van der Waals surface area contributed by atoms with Gasteiger partial charge in [0.05, 0.1) is 5.41 Å². The van der Waals surface area contributed by atoms with Crippen molar-refractivity contribution in [1.82, 2.24) is 4.90 Å². The first-order valence-electron chi connectivity index (χ1n) is 6.54. The van der Waals surface area contributed by atoms with Crippen molar-refractivity contribution in [3.05, 3.63) is 0 Å². The molecule has 1 saturated heterocycles. The summed E-state index contributed by atoms with van der Waals surface area (Å²) in [7, 11) is 0. The Balaban J connectivity index is 2.27. The Bertz CT molecular complexity index is 457. The van der Waals surface area contributed by atoms with Crippen LogP contribution in [0.15, 0.2) is 0 Å². The molecule has 0 aromatic heterocycles. The minimum absolute atomic E-state index is 0.136. The lowest BCUT2D eigenvalue weighted by Crippen LogP contribution is -2.47. The van der Waals surface area contributed by atoms with Crippen LogP contribution in [0.1, 0.15) is 44.9 Å². The summed E-state index contributed by atoms with van der Waals surface area (Å²) in [5, 5.41) is 9.15.